The van der Waals surface area contributed by atoms with E-state index < -0.39 is 33.5 Å². The van der Waals surface area contributed by atoms with Crippen LogP contribution in [0.3, 0.4) is 0 Å². The lowest BCUT2D eigenvalue weighted by Gasteiger charge is -2.37. The number of likely N-dealkylation sites (tertiary alicyclic amines) is 1. The third-order valence-electron chi connectivity index (χ3n) is 5.34. The lowest BCUT2D eigenvalue weighted by molar-refractivity contribution is -0.131. The van der Waals surface area contributed by atoms with Crippen LogP contribution in [0.2, 0.25) is 10.0 Å². The van der Waals surface area contributed by atoms with Crippen molar-refractivity contribution in [3.63, 3.8) is 0 Å². The van der Waals surface area contributed by atoms with E-state index in [0.717, 1.165) is 0 Å². The molecule has 11 heteroatoms. The van der Waals surface area contributed by atoms with E-state index in [1.807, 2.05) is 20.8 Å². The SMILES string of the molecule is CC(C)(C)OC(=O)NCC(=O)N1CCC([C@@H](NS(=O)C(C)(C)C)c2cc(Cl)c(Cl)cc2O)CC1. The largest absolute Gasteiger partial charge is 0.508 e. The van der Waals surface area contributed by atoms with E-state index in [1.54, 1.807) is 31.7 Å². The van der Waals surface area contributed by atoms with Crippen LogP contribution in [0.4, 0.5) is 4.79 Å². The van der Waals surface area contributed by atoms with Crippen molar-refractivity contribution in [1.29, 1.82) is 0 Å². The number of rotatable bonds is 6. The van der Waals surface area contributed by atoms with Crippen LogP contribution in [0.5, 0.6) is 5.75 Å². The molecule has 0 aliphatic carbocycles. The summed E-state index contributed by atoms with van der Waals surface area (Å²) in [6.45, 7) is 11.6. The molecule has 1 aromatic rings. The molecule has 0 saturated carbocycles. The van der Waals surface area contributed by atoms with Crippen LogP contribution in [-0.2, 0) is 20.5 Å². The van der Waals surface area contributed by atoms with E-state index in [2.05, 4.69) is 10.0 Å². The van der Waals surface area contributed by atoms with Gasteiger partial charge in [0.05, 0.1) is 31.8 Å². The number of phenols is 1. The second-order valence-corrected chi connectivity index (χ2v) is 13.2. The zero-order valence-electron chi connectivity index (χ0n) is 20.5. The fourth-order valence-electron chi connectivity index (χ4n) is 3.56. The summed E-state index contributed by atoms with van der Waals surface area (Å²) in [5, 5.41) is 13.6. The van der Waals surface area contributed by atoms with Crippen LogP contribution in [0.1, 0.15) is 66.0 Å². The number of carbonyl (C=O) groups is 2. The summed E-state index contributed by atoms with van der Waals surface area (Å²) in [6, 6.07) is 2.53. The van der Waals surface area contributed by atoms with Crippen molar-refractivity contribution in [1.82, 2.24) is 14.9 Å². The summed E-state index contributed by atoms with van der Waals surface area (Å²) in [6.07, 6.45) is 0.577. The first-order valence-electron chi connectivity index (χ1n) is 11.2. The van der Waals surface area contributed by atoms with Gasteiger partial charge in [-0.2, -0.15) is 0 Å². The second-order valence-electron chi connectivity index (χ2n) is 10.4. The van der Waals surface area contributed by atoms with Gasteiger partial charge in [-0.15, -0.1) is 0 Å². The van der Waals surface area contributed by atoms with Gasteiger partial charge >= 0.3 is 6.09 Å². The quantitative estimate of drug-likeness (QED) is 0.494. The monoisotopic (exact) mass is 535 g/mol. The average molecular weight is 537 g/mol. The number of halogens is 2. The van der Waals surface area contributed by atoms with Gasteiger partial charge in [-0.1, -0.05) is 23.2 Å². The maximum atomic E-state index is 12.9. The Hall–Kier alpha value is -1.55. The van der Waals surface area contributed by atoms with E-state index in [1.165, 1.54) is 6.07 Å². The lowest BCUT2D eigenvalue weighted by Crippen LogP contribution is -2.47. The van der Waals surface area contributed by atoms with Gasteiger partial charge in [0.2, 0.25) is 5.91 Å². The molecule has 3 N–H and O–H groups in total. The fourth-order valence-corrected chi connectivity index (χ4v) is 4.80. The van der Waals surface area contributed by atoms with Gasteiger partial charge in [0, 0.05) is 24.7 Å². The highest BCUT2D eigenvalue weighted by Crippen LogP contribution is 2.39. The number of amides is 2. The third kappa shape index (κ3) is 8.29. The van der Waals surface area contributed by atoms with E-state index in [9.17, 15) is 18.9 Å². The molecular weight excluding hydrogens is 501 g/mol. The summed E-state index contributed by atoms with van der Waals surface area (Å²) in [5.74, 6) is -0.250. The highest BCUT2D eigenvalue weighted by molar-refractivity contribution is 7.84. The third-order valence-corrected chi connectivity index (χ3v) is 7.64. The van der Waals surface area contributed by atoms with Gasteiger partial charge in [-0.3, -0.25) is 4.79 Å². The molecule has 1 aliphatic rings. The van der Waals surface area contributed by atoms with Gasteiger partial charge < -0.3 is 20.1 Å². The van der Waals surface area contributed by atoms with E-state index in [4.69, 9.17) is 27.9 Å². The molecule has 192 valence electrons. The number of ether oxygens (including phenoxy) is 1. The molecule has 34 heavy (non-hydrogen) atoms. The minimum absolute atomic E-state index is 0.0164. The molecule has 1 aliphatic heterocycles. The molecule has 1 fully saturated rings. The van der Waals surface area contributed by atoms with Crippen molar-refractivity contribution < 1.29 is 23.6 Å². The number of alkyl carbamates (subject to hydrolysis) is 1. The normalized spacial score (nSPS) is 17.2. The molecule has 1 aromatic carbocycles. The van der Waals surface area contributed by atoms with Gasteiger partial charge in [-0.25, -0.2) is 13.7 Å². The van der Waals surface area contributed by atoms with Gasteiger partial charge in [0.15, 0.2) is 0 Å². The van der Waals surface area contributed by atoms with Gasteiger partial charge in [0.25, 0.3) is 0 Å². The minimum Gasteiger partial charge on any atom is -0.508 e. The first-order chi connectivity index (χ1) is 15.6. The Morgan fingerprint density at radius 2 is 1.71 bits per heavy atom. The Morgan fingerprint density at radius 3 is 2.24 bits per heavy atom. The molecule has 1 heterocycles. The zero-order chi connectivity index (χ0) is 25.8. The number of nitrogens with one attached hydrogen (secondary N) is 2. The second kappa shape index (κ2) is 11.5. The number of phenolic OH excluding ortho intramolecular Hbond substituents is 1. The number of carbonyl (C=O) groups excluding carboxylic acids is 2. The molecule has 0 bridgehead atoms. The van der Waals surface area contributed by atoms with Crippen LogP contribution >= 0.6 is 23.2 Å². The number of hydrogen-bond donors (Lipinski definition) is 3. The first kappa shape index (κ1) is 28.7. The van der Waals surface area contributed by atoms with Crippen molar-refractivity contribution in [2.45, 2.75) is 70.8 Å². The molecule has 0 aromatic heterocycles. The van der Waals surface area contributed by atoms with Crippen LogP contribution < -0.4 is 10.0 Å². The molecule has 8 nitrogen and oxygen atoms in total. The van der Waals surface area contributed by atoms with Crippen LogP contribution in [0.25, 0.3) is 0 Å². The highest BCUT2D eigenvalue weighted by Gasteiger charge is 2.34. The average Bonchev–Trinajstić information content (AvgIpc) is 2.71. The molecule has 2 rings (SSSR count). The highest BCUT2D eigenvalue weighted by atomic mass is 35.5. The van der Waals surface area contributed by atoms with Crippen molar-refractivity contribution in [2.75, 3.05) is 19.6 Å². The molecular formula is C23H35Cl2N3O5S. The minimum atomic E-state index is -1.40. The molecule has 2 amide bonds. The van der Waals surface area contributed by atoms with Gasteiger partial charge in [0.1, 0.15) is 17.9 Å². The maximum Gasteiger partial charge on any atom is 0.408 e. The van der Waals surface area contributed by atoms with E-state index in [-0.39, 0.29) is 29.1 Å². The zero-order valence-corrected chi connectivity index (χ0v) is 22.9. The number of hydrogen-bond acceptors (Lipinski definition) is 5. The van der Waals surface area contributed by atoms with Crippen LogP contribution in [-0.4, -0.2) is 56.2 Å². The smallest absolute Gasteiger partial charge is 0.408 e. The molecule has 1 unspecified atom stereocenters. The van der Waals surface area contributed by atoms with Crippen LogP contribution in [0, 0.1) is 5.92 Å². The first-order valence-corrected chi connectivity index (χ1v) is 13.1. The number of nitrogens with zero attached hydrogens (tertiary/aromatic N) is 1. The van der Waals surface area contributed by atoms with Crippen molar-refractivity contribution >= 4 is 46.2 Å². The topological polar surface area (TPSA) is 108 Å². The summed E-state index contributed by atoms with van der Waals surface area (Å²) >= 11 is 12.3. The number of benzene rings is 1. The molecule has 1 saturated heterocycles. The Balaban J connectivity index is 2.09. The summed E-state index contributed by atoms with van der Waals surface area (Å²) in [5.41, 5.74) is -0.125. The predicted molar refractivity (Wildman–Crippen MR) is 135 cm³/mol. The Labute approximate surface area is 214 Å². The lowest BCUT2D eigenvalue weighted by atomic mass is 9.85. The van der Waals surface area contributed by atoms with E-state index in [0.29, 0.717) is 36.5 Å². The van der Waals surface area contributed by atoms with Crippen molar-refractivity contribution in [3.8, 4) is 5.75 Å². The Kier molecular flexibility index (Phi) is 9.67. The van der Waals surface area contributed by atoms with Crippen LogP contribution in [0.15, 0.2) is 12.1 Å². The summed E-state index contributed by atoms with van der Waals surface area (Å²) < 4.78 is 20.7. The summed E-state index contributed by atoms with van der Waals surface area (Å²) in [4.78, 5) is 26.1. The standard InChI is InChI=1S/C23H35Cl2N3O5S/c1-22(2,3)33-21(31)26-13-19(30)28-9-7-14(8-10-28)20(27-34(32)23(4,5)6)15-11-16(24)17(25)12-18(15)29/h11-12,14,20,27,29H,7-10,13H2,1-6H3,(H,26,31)/t20-,34?/m1/s1. The molecule has 0 radical (unpaired) electrons. The van der Waals surface area contributed by atoms with Gasteiger partial charge in [-0.05, 0) is 66.4 Å². The van der Waals surface area contributed by atoms with E-state index >= 15 is 0 Å². The Bertz CT molecular complexity index is 922. The molecule has 0 spiro atoms. The fraction of sp³-hybridized carbons (Fsp3) is 0.652. The number of piperidine rings is 1. The van der Waals surface area contributed by atoms with Crippen molar-refractivity contribution in [3.05, 3.63) is 27.7 Å². The predicted octanol–water partition coefficient (Wildman–Crippen LogP) is 4.56. The maximum absolute atomic E-state index is 12.9. The van der Waals surface area contributed by atoms with Crippen molar-refractivity contribution in [2.24, 2.45) is 5.92 Å². The number of aromatic hydroxyl groups is 1. The summed E-state index contributed by atoms with van der Waals surface area (Å²) in [7, 11) is -1.40. The molecule has 2 atom stereocenters. The Morgan fingerprint density at radius 1 is 1.15 bits per heavy atom.